The van der Waals surface area contributed by atoms with Crippen molar-refractivity contribution in [1.29, 1.82) is 0 Å². The van der Waals surface area contributed by atoms with Gasteiger partial charge in [-0.05, 0) is 119 Å². The number of nitrogens with one attached hydrogen (secondary N) is 1. The molecule has 0 fully saturated rings. The molecule has 47 heavy (non-hydrogen) atoms. The van der Waals surface area contributed by atoms with Crippen LogP contribution in [0.1, 0.15) is 45.6 Å². The van der Waals surface area contributed by atoms with E-state index >= 15 is 0 Å². The van der Waals surface area contributed by atoms with Gasteiger partial charge in [-0.2, -0.15) is 13.2 Å². The third kappa shape index (κ3) is 7.86. The van der Waals surface area contributed by atoms with Crippen molar-refractivity contribution in [2.75, 3.05) is 33.0 Å². The molecular formula is C36H37F3N4O4. The zero-order valence-corrected chi connectivity index (χ0v) is 26.7. The molecule has 0 atom stereocenters. The van der Waals surface area contributed by atoms with Crippen molar-refractivity contribution >= 4 is 22.6 Å². The number of benzene rings is 3. The van der Waals surface area contributed by atoms with Crippen LogP contribution in [0.3, 0.4) is 0 Å². The number of rotatable bonds is 11. The zero-order chi connectivity index (χ0) is 33.9. The molecule has 0 saturated heterocycles. The average molecular weight is 647 g/mol. The molecule has 0 saturated carbocycles. The minimum Gasteiger partial charge on any atom is -0.461 e. The average Bonchev–Trinajstić information content (AvgIpc) is 3.44. The molecule has 0 unspecified atom stereocenters. The van der Waals surface area contributed by atoms with E-state index in [0.717, 1.165) is 53.0 Å². The topological polar surface area (TPSA) is 103 Å². The number of nitrogens with zero attached hydrogens (tertiary/aromatic N) is 2. The number of fused-ring (bicyclic) bond motifs is 1. The van der Waals surface area contributed by atoms with Crippen LogP contribution in [-0.2, 0) is 17.5 Å². The Morgan fingerprint density at radius 1 is 0.936 bits per heavy atom. The molecule has 5 rings (SSSR count). The molecule has 8 nitrogen and oxygen atoms in total. The van der Waals surface area contributed by atoms with Crippen LogP contribution in [0.5, 0.6) is 11.5 Å². The second-order valence-corrected chi connectivity index (χ2v) is 11.9. The van der Waals surface area contributed by atoms with E-state index < -0.39 is 29.0 Å². The number of nitrogens with two attached hydrogens (primary N) is 1. The van der Waals surface area contributed by atoms with Gasteiger partial charge in [0, 0.05) is 10.9 Å². The molecular weight excluding hydrogens is 609 g/mol. The molecule has 3 N–H and O–H groups in total. The van der Waals surface area contributed by atoms with Crippen LogP contribution in [0.25, 0.3) is 22.2 Å². The number of hydrogen-bond acceptors (Lipinski definition) is 6. The summed E-state index contributed by atoms with van der Waals surface area (Å²) in [5, 5.41) is 0.746. The Morgan fingerprint density at radius 3 is 2.34 bits per heavy atom. The molecule has 0 spiro atoms. The number of aryl methyl sites for hydroxylation is 2. The normalized spacial score (nSPS) is 11.7. The largest absolute Gasteiger partial charge is 0.461 e. The van der Waals surface area contributed by atoms with Gasteiger partial charge >= 0.3 is 12.1 Å². The SMILES string of the molecule is Cc1ccc(Cn2c(-c3ccc(Oc4ccc5[nH]c(C(=O)OCCCCN(C)C)cc5c4)cc3)cc(C(F)(F)F)c(N)c2=O)c(C)c1. The number of aromatic nitrogens is 2. The van der Waals surface area contributed by atoms with Gasteiger partial charge in [-0.25, -0.2) is 4.79 Å². The number of pyridine rings is 1. The van der Waals surface area contributed by atoms with Crippen LogP contribution in [-0.4, -0.2) is 47.7 Å². The Balaban J connectivity index is 1.37. The fourth-order valence-electron chi connectivity index (χ4n) is 5.37. The summed E-state index contributed by atoms with van der Waals surface area (Å²) in [6, 6.07) is 20.0. The molecule has 5 aromatic rings. The Labute approximate surface area is 270 Å². The fraction of sp³-hybridized carbons (Fsp3) is 0.278. The maximum Gasteiger partial charge on any atom is 0.418 e. The van der Waals surface area contributed by atoms with Gasteiger partial charge < -0.3 is 29.7 Å². The second kappa shape index (κ2) is 13.8. The highest BCUT2D eigenvalue weighted by Crippen LogP contribution is 2.36. The Hall–Kier alpha value is -5.03. The molecule has 0 aliphatic heterocycles. The lowest BCUT2D eigenvalue weighted by molar-refractivity contribution is -0.137. The van der Waals surface area contributed by atoms with Gasteiger partial charge in [0.1, 0.15) is 22.9 Å². The second-order valence-electron chi connectivity index (χ2n) is 11.9. The smallest absolute Gasteiger partial charge is 0.418 e. The molecule has 11 heteroatoms. The molecule has 0 aliphatic carbocycles. The van der Waals surface area contributed by atoms with Crippen molar-refractivity contribution in [3.8, 4) is 22.8 Å². The summed E-state index contributed by atoms with van der Waals surface area (Å²) < 4.78 is 54.3. The molecule has 0 amide bonds. The van der Waals surface area contributed by atoms with Crippen LogP contribution < -0.4 is 16.0 Å². The Bertz CT molecular complexity index is 1960. The lowest BCUT2D eigenvalue weighted by Gasteiger charge is -2.19. The molecule has 3 aromatic carbocycles. The van der Waals surface area contributed by atoms with E-state index in [9.17, 15) is 22.8 Å². The van der Waals surface area contributed by atoms with Crippen molar-refractivity contribution in [3.05, 3.63) is 111 Å². The number of nitrogen functional groups attached to an aromatic ring is 1. The summed E-state index contributed by atoms with van der Waals surface area (Å²) in [4.78, 5) is 30.9. The van der Waals surface area contributed by atoms with E-state index in [1.165, 1.54) is 4.57 Å². The summed E-state index contributed by atoms with van der Waals surface area (Å²) in [6.45, 7) is 5.13. The molecule has 246 valence electrons. The molecule has 2 heterocycles. The van der Waals surface area contributed by atoms with E-state index in [-0.39, 0.29) is 12.2 Å². The first-order chi connectivity index (χ1) is 22.3. The summed E-state index contributed by atoms with van der Waals surface area (Å²) in [6.07, 6.45) is -3.11. The highest BCUT2D eigenvalue weighted by Gasteiger charge is 2.35. The number of unbranched alkanes of at least 4 members (excludes halogenated alkanes) is 1. The minimum absolute atomic E-state index is 0.0452. The van der Waals surface area contributed by atoms with Crippen molar-refractivity contribution in [2.45, 2.75) is 39.4 Å². The monoisotopic (exact) mass is 646 g/mol. The lowest BCUT2D eigenvalue weighted by Crippen LogP contribution is -2.29. The number of ether oxygens (including phenoxy) is 2. The van der Waals surface area contributed by atoms with Gasteiger partial charge in [-0.1, -0.05) is 23.8 Å². The van der Waals surface area contributed by atoms with Gasteiger partial charge in [0.15, 0.2) is 0 Å². The first kappa shape index (κ1) is 33.3. The van der Waals surface area contributed by atoms with E-state index in [4.69, 9.17) is 15.2 Å². The van der Waals surface area contributed by atoms with Crippen LogP contribution in [0.15, 0.2) is 77.6 Å². The molecule has 2 aromatic heterocycles. The predicted molar refractivity (Wildman–Crippen MR) is 177 cm³/mol. The van der Waals surface area contributed by atoms with E-state index in [0.29, 0.717) is 29.4 Å². The van der Waals surface area contributed by atoms with Crippen molar-refractivity contribution < 1.29 is 27.4 Å². The Morgan fingerprint density at radius 2 is 1.66 bits per heavy atom. The number of hydrogen-bond donors (Lipinski definition) is 2. The highest BCUT2D eigenvalue weighted by atomic mass is 19.4. The standard InChI is InChI=1S/C36H37F3N4O4/c1-22-7-8-25(23(2)17-22)21-43-32(20-29(36(37,38)39)33(40)34(43)44)24-9-11-27(12-10-24)47-28-13-14-30-26(18-28)19-31(41-30)35(45)46-16-6-5-15-42(3)4/h7-14,17-20,41H,5-6,15-16,21,40H2,1-4H3. The fourth-order valence-corrected chi connectivity index (χ4v) is 5.37. The van der Waals surface area contributed by atoms with Crippen molar-refractivity contribution in [1.82, 2.24) is 14.5 Å². The Kier molecular flexibility index (Phi) is 9.76. The van der Waals surface area contributed by atoms with Crippen molar-refractivity contribution in [3.63, 3.8) is 0 Å². The summed E-state index contributed by atoms with van der Waals surface area (Å²) in [5.74, 6) is 0.485. The number of aromatic amines is 1. The number of esters is 1. The quantitative estimate of drug-likeness (QED) is 0.114. The zero-order valence-electron chi connectivity index (χ0n) is 26.7. The van der Waals surface area contributed by atoms with Gasteiger partial charge in [-0.15, -0.1) is 0 Å². The number of carbonyl (C=O) groups excluding carboxylic acids is 1. The van der Waals surface area contributed by atoms with Crippen LogP contribution in [0.4, 0.5) is 18.9 Å². The van der Waals surface area contributed by atoms with Gasteiger partial charge in [-0.3, -0.25) is 4.79 Å². The van der Waals surface area contributed by atoms with Crippen LogP contribution in [0.2, 0.25) is 0 Å². The third-order valence-corrected chi connectivity index (χ3v) is 7.90. The number of alkyl halides is 3. The molecule has 0 radical (unpaired) electrons. The van der Waals surface area contributed by atoms with E-state index in [1.807, 2.05) is 46.1 Å². The number of H-pyrrole nitrogens is 1. The predicted octanol–water partition coefficient (Wildman–Crippen LogP) is 7.55. The highest BCUT2D eigenvalue weighted by molar-refractivity contribution is 5.95. The third-order valence-electron chi connectivity index (χ3n) is 7.90. The van der Waals surface area contributed by atoms with Gasteiger partial charge in [0.25, 0.3) is 5.56 Å². The molecule has 0 bridgehead atoms. The first-order valence-electron chi connectivity index (χ1n) is 15.2. The van der Waals surface area contributed by atoms with Gasteiger partial charge in [0.2, 0.25) is 0 Å². The summed E-state index contributed by atoms with van der Waals surface area (Å²) in [5.41, 5.74) is 7.06. The molecule has 0 aliphatic rings. The number of anilines is 1. The first-order valence-corrected chi connectivity index (χ1v) is 15.2. The number of halogens is 3. The lowest BCUT2D eigenvalue weighted by atomic mass is 10.0. The maximum atomic E-state index is 13.9. The van der Waals surface area contributed by atoms with Gasteiger partial charge in [0.05, 0.1) is 24.4 Å². The summed E-state index contributed by atoms with van der Waals surface area (Å²) >= 11 is 0. The summed E-state index contributed by atoms with van der Waals surface area (Å²) in [7, 11) is 3.99. The van der Waals surface area contributed by atoms with E-state index in [2.05, 4.69) is 9.88 Å². The van der Waals surface area contributed by atoms with Crippen LogP contribution in [0, 0.1) is 13.8 Å². The van der Waals surface area contributed by atoms with Crippen LogP contribution >= 0.6 is 0 Å². The van der Waals surface area contributed by atoms with E-state index in [1.54, 1.807) is 48.5 Å². The maximum absolute atomic E-state index is 13.9. The van der Waals surface area contributed by atoms with Crippen molar-refractivity contribution in [2.24, 2.45) is 0 Å². The number of carbonyl (C=O) groups is 1. The minimum atomic E-state index is -4.81.